The molecule has 0 radical (unpaired) electrons. The van der Waals surface area contributed by atoms with Crippen molar-refractivity contribution in [1.82, 2.24) is 10.2 Å². The van der Waals surface area contributed by atoms with E-state index in [1.807, 2.05) is 6.07 Å². The molecule has 4 nitrogen and oxygen atoms in total. The van der Waals surface area contributed by atoms with Gasteiger partial charge in [-0.3, -0.25) is 9.89 Å². The molecule has 122 valence electrons. The predicted molar refractivity (Wildman–Crippen MR) is 94.2 cm³/mol. The van der Waals surface area contributed by atoms with Crippen molar-refractivity contribution in [2.24, 2.45) is 5.41 Å². The second kappa shape index (κ2) is 5.48. The monoisotopic (exact) mass is 329 g/mol. The zero-order chi connectivity index (χ0) is 16.0. The molecule has 0 atom stereocenters. The number of rotatable bonds is 3. The van der Waals surface area contributed by atoms with E-state index in [4.69, 9.17) is 0 Å². The first kappa shape index (κ1) is 14.9. The maximum atomic E-state index is 12.8. The van der Waals surface area contributed by atoms with Gasteiger partial charge in [0.15, 0.2) is 5.78 Å². The van der Waals surface area contributed by atoms with E-state index in [0.717, 1.165) is 22.7 Å². The Balaban J connectivity index is 1.80. The van der Waals surface area contributed by atoms with Crippen LogP contribution in [-0.2, 0) is 6.42 Å². The van der Waals surface area contributed by atoms with Crippen molar-refractivity contribution >= 4 is 22.1 Å². The van der Waals surface area contributed by atoms with E-state index in [2.05, 4.69) is 29.4 Å². The maximum absolute atomic E-state index is 12.8. The zero-order valence-electron chi connectivity index (χ0n) is 13.7. The molecule has 2 aliphatic carbocycles. The molecule has 0 unspecified atom stereocenters. The van der Waals surface area contributed by atoms with Crippen molar-refractivity contribution < 1.29 is 4.79 Å². The Hall–Kier alpha value is -1.62. The normalized spacial score (nSPS) is 20.7. The van der Waals surface area contributed by atoms with Crippen LogP contribution < -0.4 is 5.32 Å². The number of hydrogen-bond acceptors (Lipinski definition) is 4. The van der Waals surface area contributed by atoms with E-state index in [0.29, 0.717) is 18.2 Å². The Bertz CT molecular complexity index is 724. The zero-order valence-corrected chi connectivity index (χ0v) is 14.6. The maximum Gasteiger partial charge on any atom is 0.166 e. The van der Waals surface area contributed by atoms with E-state index in [1.54, 1.807) is 17.5 Å². The first-order chi connectivity index (χ1) is 11.0. The van der Waals surface area contributed by atoms with Crippen LogP contribution in [0.25, 0.3) is 10.6 Å². The van der Waals surface area contributed by atoms with E-state index in [9.17, 15) is 4.79 Å². The minimum Gasteiger partial charge on any atom is -0.374 e. The lowest BCUT2D eigenvalue weighted by Crippen LogP contribution is -2.27. The summed E-state index contributed by atoms with van der Waals surface area (Å²) in [7, 11) is 0. The Morgan fingerprint density at radius 3 is 2.78 bits per heavy atom. The molecule has 5 heteroatoms. The lowest BCUT2D eigenvalue weighted by Gasteiger charge is -2.29. The summed E-state index contributed by atoms with van der Waals surface area (Å²) in [6.07, 6.45) is 8.38. The molecule has 1 saturated carbocycles. The van der Waals surface area contributed by atoms with Gasteiger partial charge >= 0.3 is 0 Å². The van der Waals surface area contributed by atoms with Crippen LogP contribution in [0.5, 0.6) is 0 Å². The largest absolute Gasteiger partial charge is 0.374 e. The van der Waals surface area contributed by atoms with Crippen molar-refractivity contribution in [1.29, 1.82) is 0 Å². The Morgan fingerprint density at radius 1 is 1.30 bits per heavy atom. The predicted octanol–water partition coefficient (Wildman–Crippen LogP) is 4.65. The molecule has 0 bridgehead atoms. The van der Waals surface area contributed by atoms with Gasteiger partial charge in [-0.25, -0.2) is 0 Å². The van der Waals surface area contributed by atoms with Crippen molar-refractivity contribution in [3.63, 3.8) is 0 Å². The summed E-state index contributed by atoms with van der Waals surface area (Å²) in [5.41, 5.74) is 3.22. The molecular formula is C18H23N3OS. The van der Waals surface area contributed by atoms with Crippen LogP contribution >= 0.6 is 11.3 Å². The first-order valence-corrected chi connectivity index (χ1v) is 9.30. The van der Waals surface area contributed by atoms with Crippen LogP contribution in [0, 0.1) is 5.41 Å². The number of anilines is 1. The van der Waals surface area contributed by atoms with Crippen LogP contribution in [0.15, 0.2) is 12.3 Å². The highest BCUT2D eigenvalue weighted by molar-refractivity contribution is 7.20. The van der Waals surface area contributed by atoms with E-state index < -0.39 is 0 Å². The number of aromatic amines is 1. The number of thiophene rings is 1. The van der Waals surface area contributed by atoms with Crippen LogP contribution in [0.2, 0.25) is 0 Å². The van der Waals surface area contributed by atoms with Gasteiger partial charge in [0.05, 0.1) is 16.1 Å². The third kappa shape index (κ3) is 2.71. The lowest BCUT2D eigenvalue weighted by molar-refractivity contribution is 0.0914. The number of nitrogens with one attached hydrogen (secondary N) is 2. The highest BCUT2D eigenvalue weighted by Gasteiger charge is 2.37. The van der Waals surface area contributed by atoms with Gasteiger partial charge < -0.3 is 5.32 Å². The number of hydrogen-bond donors (Lipinski definition) is 2. The second-order valence-electron chi connectivity index (χ2n) is 7.65. The summed E-state index contributed by atoms with van der Waals surface area (Å²) < 4.78 is 0. The average Bonchev–Trinajstić information content (AvgIpc) is 3.18. The number of ketones is 1. The molecule has 2 aromatic rings. The topological polar surface area (TPSA) is 57.8 Å². The molecule has 2 aromatic heterocycles. The van der Waals surface area contributed by atoms with Gasteiger partial charge in [0, 0.05) is 18.7 Å². The van der Waals surface area contributed by atoms with Gasteiger partial charge in [0.2, 0.25) is 0 Å². The molecule has 0 spiro atoms. The van der Waals surface area contributed by atoms with Gasteiger partial charge in [-0.05, 0) is 36.3 Å². The number of nitrogens with zero attached hydrogens (tertiary/aromatic N) is 1. The fourth-order valence-electron chi connectivity index (χ4n) is 3.95. The fraction of sp³-hybridized carbons (Fsp3) is 0.556. The molecule has 1 fully saturated rings. The quantitative estimate of drug-likeness (QED) is 0.862. The number of carbonyl (C=O) groups excluding carboxylic acids is 1. The van der Waals surface area contributed by atoms with Crippen LogP contribution in [0.3, 0.4) is 0 Å². The van der Waals surface area contributed by atoms with Crippen molar-refractivity contribution in [3.05, 3.63) is 23.4 Å². The molecule has 2 heterocycles. The summed E-state index contributed by atoms with van der Waals surface area (Å²) in [5.74, 6) is 0.291. The highest BCUT2D eigenvalue weighted by Crippen LogP contribution is 2.48. The lowest BCUT2D eigenvalue weighted by atomic mass is 9.74. The summed E-state index contributed by atoms with van der Waals surface area (Å²) in [4.78, 5) is 14.0. The third-order valence-electron chi connectivity index (χ3n) is 5.02. The van der Waals surface area contributed by atoms with Gasteiger partial charge in [-0.2, -0.15) is 5.10 Å². The minimum atomic E-state index is 0.0323. The molecular weight excluding hydrogens is 306 g/mol. The molecule has 0 amide bonds. The van der Waals surface area contributed by atoms with Gasteiger partial charge in [-0.1, -0.05) is 26.7 Å². The highest BCUT2D eigenvalue weighted by atomic mass is 32.1. The summed E-state index contributed by atoms with van der Waals surface area (Å²) >= 11 is 1.72. The van der Waals surface area contributed by atoms with Gasteiger partial charge in [0.1, 0.15) is 5.00 Å². The average molecular weight is 329 g/mol. The number of aromatic nitrogens is 2. The Labute approximate surface area is 140 Å². The number of Topliss-reactive ketones (excluding diaryl/α,β-unsaturated/α-hetero) is 1. The number of fused-ring (bicyclic) bond motifs is 1. The minimum absolute atomic E-state index is 0.0323. The Kier molecular flexibility index (Phi) is 3.56. The molecule has 23 heavy (non-hydrogen) atoms. The fourth-order valence-corrected chi connectivity index (χ4v) is 5.24. The molecule has 4 rings (SSSR count). The Morgan fingerprint density at radius 2 is 2.09 bits per heavy atom. The van der Waals surface area contributed by atoms with Crippen molar-refractivity contribution in [2.45, 2.75) is 58.4 Å². The van der Waals surface area contributed by atoms with E-state index in [-0.39, 0.29) is 5.41 Å². The smallest absolute Gasteiger partial charge is 0.166 e. The van der Waals surface area contributed by atoms with Crippen LogP contribution in [0.4, 0.5) is 5.00 Å². The SMILES string of the molecule is CC1(C)CC(=O)c2c(NC3CCCC3)sc(-c3ccn[nH]3)c2C1. The summed E-state index contributed by atoms with van der Waals surface area (Å²) in [5, 5.41) is 11.9. The molecule has 0 aromatic carbocycles. The molecule has 0 aliphatic heterocycles. The summed E-state index contributed by atoms with van der Waals surface area (Å²) in [6, 6.07) is 2.52. The second-order valence-corrected chi connectivity index (χ2v) is 8.67. The first-order valence-electron chi connectivity index (χ1n) is 8.49. The van der Waals surface area contributed by atoms with Crippen molar-refractivity contribution in [2.75, 3.05) is 5.32 Å². The number of H-pyrrole nitrogens is 1. The van der Waals surface area contributed by atoms with Gasteiger partial charge in [-0.15, -0.1) is 11.3 Å². The summed E-state index contributed by atoms with van der Waals surface area (Å²) in [6.45, 7) is 4.37. The van der Waals surface area contributed by atoms with Crippen LogP contribution in [0.1, 0.15) is 61.9 Å². The molecule has 0 saturated heterocycles. The number of carbonyl (C=O) groups is 1. The third-order valence-corrected chi connectivity index (χ3v) is 6.21. The van der Waals surface area contributed by atoms with Gasteiger partial charge in [0.25, 0.3) is 0 Å². The van der Waals surface area contributed by atoms with Crippen molar-refractivity contribution in [3.8, 4) is 10.6 Å². The van der Waals surface area contributed by atoms with E-state index >= 15 is 0 Å². The van der Waals surface area contributed by atoms with E-state index in [1.165, 1.54) is 36.1 Å². The standard InChI is InChI=1S/C18H23N3OS/c1-18(2)9-12-15(14(22)10-18)17(20-11-5-3-4-6-11)23-16(12)13-7-8-19-21-13/h7-8,11,20H,3-6,9-10H2,1-2H3,(H,19,21). The van der Waals surface area contributed by atoms with Crippen LogP contribution in [-0.4, -0.2) is 22.0 Å². The molecule has 2 N–H and O–H groups in total. The molecule has 2 aliphatic rings.